The molecule has 0 N–H and O–H groups in total. The summed E-state index contributed by atoms with van der Waals surface area (Å²) in [4.78, 5) is 0. The fraction of sp³-hybridized carbons (Fsp3) is 0.964. The van der Waals surface area contributed by atoms with Crippen LogP contribution in [0.4, 0.5) is 0 Å². The van der Waals surface area contributed by atoms with Gasteiger partial charge in [0.05, 0.1) is 6.61 Å². The van der Waals surface area contributed by atoms with Crippen LogP contribution < -0.4 is 0 Å². The van der Waals surface area contributed by atoms with Crippen LogP contribution in [0.1, 0.15) is 254 Å². The van der Waals surface area contributed by atoms with Gasteiger partial charge in [0.15, 0.2) is 16.6 Å². The molecule has 59 heavy (non-hydrogen) atoms. The lowest BCUT2D eigenvalue weighted by Gasteiger charge is -2.37. The molecule has 0 aliphatic rings. The van der Waals surface area contributed by atoms with Crippen molar-refractivity contribution in [1.29, 1.82) is 0 Å². The molecule has 364 valence electrons. The molecule has 0 aromatic carbocycles. The minimum Gasteiger partial charge on any atom is -0.455 e. The third-order valence-electron chi connectivity index (χ3n) is 15.1. The fourth-order valence-electron chi connectivity index (χ4n) is 8.90. The van der Waals surface area contributed by atoms with Gasteiger partial charge >= 0.3 is 0 Å². The predicted molar refractivity (Wildman–Crippen MR) is 286 cm³/mol. The lowest BCUT2D eigenvalue weighted by Crippen LogP contribution is -2.46. The van der Waals surface area contributed by atoms with Gasteiger partial charge in [-0.25, -0.2) is 0 Å². The highest BCUT2D eigenvalue weighted by molar-refractivity contribution is 6.84. The molecule has 2 atom stereocenters. The predicted octanol–water partition coefficient (Wildman–Crippen LogP) is 21.0. The van der Waals surface area contributed by atoms with Crippen molar-refractivity contribution in [3.05, 3.63) is 13.2 Å². The van der Waals surface area contributed by atoms with Gasteiger partial charge < -0.3 is 8.85 Å². The largest absolute Gasteiger partial charge is 0.455 e. The molecule has 0 radical (unpaired) electrons. The van der Waals surface area contributed by atoms with Crippen LogP contribution in [0.3, 0.4) is 0 Å². The van der Waals surface area contributed by atoms with Crippen LogP contribution in [0.25, 0.3) is 0 Å². The van der Waals surface area contributed by atoms with Gasteiger partial charge in [0.1, 0.15) is 0 Å². The molecule has 0 aliphatic heterocycles. The third kappa shape index (κ3) is 39.4. The van der Waals surface area contributed by atoms with E-state index in [2.05, 4.69) is 171 Å². The van der Waals surface area contributed by atoms with E-state index in [1.54, 1.807) is 7.11 Å². The molecule has 0 spiro atoms. The highest BCUT2D eigenvalue weighted by Gasteiger charge is 2.35. The Hall–Kier alpha value is 0.0938. The lowest BCUT2D eigenvalue weighted by molar-refractivity contribution is 0.0691. The third-order valence-corrected chi connectivity index (χ3v) is 22.6. The molecular weight excluding hydrogens is 749 g/mol. The molecule has 0 aliphatic carbocycles. The summed E-state index contributed by atoms with van der Waals surface area (Å²) in [5.74, 6) is 3.64. The zero-order valence-corrected chi connectivity index (χ0v) is 48.6. The Labute approximate surface area is 382 Å². The number of hydrogen-bond donors (Lipinski definition) is 0. The molecule has 0 aromatic rings. The van der Waals surface area contributed by atoms with Crippen molar-refractivity contribution in [2.24, 2.45) is 39.9 Å². The van der Waals surface area contributed by atoms with Gasteiger partial charge in [-0.3, -0.25) is 0 Å². The smallest absolute Gasteiger partial charge is 0.173 e. The van der Waals surface area contributed by atoms with Crippen LogP contribution in [0.5, 0.6) is 0 Å². The molecule has 0 amide bonds. The second kappa shape index (κ2) is 43.3. The summed E-state index contributed by atoms with van der Waals surface area (Å²) in [7, 11) is -1.16. The van der Waals surface area contributed by atoms with Gasteiger partial charge in [-0.1, -0.05) is 228 Å². The second-order valence-electron chi connectivity index (χ2n) is 20.2. The standard InChI is InChI=1S/C16H38OSi2.C11H24.C9H20O.C9H20.C8H18.C2H4/c1-9-15(10-2)13-18(5,6)17-19(7,8)14-16(11-3)12-4;1-5-7-10(3)9-11(4)8-6-2;1-5-9(6-2,7-3)8-10-4;1-5-9(6-2,7-3)8-4;1-5-8(4,6-2)7-3;1-2/h15-16H,9-14H2,1-8H3;10-11H,5-9H2,1-4H3;5-8H2,1-4H3;5-8H2,1-4H3;5-7H2,1-4H3;1-2H2. The maximum Gasteiger partial charge on any atom is 0.173 e. The van der Waals surface area contributed by atoms with Crippen molar-refractivity contribution in [3.63, 3.8) is 0 Å². The van der Waals surface area contributed by atoms with E-state index in [0.29, 0.717) is 16.2 Å². The van der Waals surface area contributed by atoms with Crippen molar-refractivity contribution in [1.82, 2.24) is 0 Å². The molecule has 0 saturated carbocycles. The monoisotopic (exact) mass is 873 g/mol. The maximum absolute atomic E-state index is 6.77. The zero-order chi connectivity index (χ0) is 47.8. The van der Waals surface area contributed by atoms with E-state index in [9.17, 15) is 0 Å². The number of rotatable bonds is 28. The first-order valence-electron chi connectivity index (χ1n) is 26.3. The van der Waals surface area contributed by atoms with Crippen LogP contribution in [-0.2, 0) is 8.85 Å². The quantitative estimate of drug-likeness (QED) is 0.0576. The number of methoxy groups -OCH3 is 1. The Kier molecular flexibility index (Phi) is 52.0. The summed E-state index contributed by atoms with van der Waals surface area (Å²) in [5, 5.41) is 0. The summed E-state index contributed by atoms with van der Waals surface area (Å²) in [6.07, 6.45) is 25.2. The normalized spacial score (nSPS) is 13.0. The lowest BCUT2D eigenvalue weighted by atomic mass is 9.78. The minimum atomic E-state index is -1.47. The molecule has 0 aromatic heterocycles. The SMILES string of the molecule is C=C.CCC(C)(CC)CC.CCC(CC)(CC)CC.CCC(CC)(CC)COC.CCC(CC)C[Si](C)(C)O[Si](C)(C)CC(CC)CC.CCCC(C)CC(C)CCC. The molecule has 2 unspecified atom stereocenters. The van der Waals surface area contributed by atoms with Gasteiger partial charge in [0, 0.05) is 7.11 Å². The zero-order valence-electron chi connectivity index (χ0n) is 46.6. The summed E-state index contributed by atoms with van der Waals surface area (Å²) in [6.45, 7) is 60.4. The fourth-order valence-corrected chi connectivity index (χ4v) is 19.5. The van der Waals surface area contributed by atoms with Crippen LogP contribution in [0.2, 0.25) is 38.3 Å². The Balaban J connectivity index is -0.000000153. The molecule has 4 heteroatoms. The summed E-state index contributed by atoms with van der Waals surface area (Å²) in [6, 6.07) is 2.69. The summed E-state index contributed by atoms with van der Waals surface area (Å²) in [5.41, 5.74) is 1.74. The van der Waals surface area contributed by atoms with Gasteiger partial charge in [-0.15, -0.1) is 13.2 Å². The van der Waals surface area contributed by atoms with Crippen LogP contribution in [-0.4, -0.2) is 30.4 Å². The molecular formula is C55H124O2Si2. The van der Waals surface area contributed by atoms with Crippen LogP contribution in [0, 0.1) is 39.9 Å². The van der Waals surface area contributed by atoms with E-state index < -0.39 is 16.6 Å². The first kappa shape index (κ1) is 70.7. The first-order chi connectivity index (χ1) is 27.6. The van der Waals surface area contributed by atoms with Crippen LogP contribution >= 0.6 is 0 Å². The number of hydrogen-bond acceptors (Lipinski definition) is 2. The van der Waals surface area contributed by atoms with Crippen molar-refractivity contribution in [2.45, 2.75) is 292 Å². The van der Waals surface area contributed by atoms with Crippen molar-refractivity contribution in [3.8, 4) is 0 Å². The highest BCUT2D eigenvalue weighted by Crippen LogP contribution is 2.34. The molecule has 0 bridgehead atoms. The molecule has 0 rings (SSSR count). The van der Waals surface area contributed by atoms with Gasteiger partial charge in [0.2, 0.25) is 0 Å². The van der Waals surface area contributed by atoms with E-state index in [-0.39, 0.29) is 0 Å². The first-order valence-corrected chi connectivity index (χ1v) is 32.5. The van der Waals surface area contributed by atoms with Crippen molar-refractivity contribution < 1.29 is 8.85 Å². The second-order valence-corrected chi connectivity index (χ2v) is 28.9. The van der Waals surface area contributed by atoms with Gasteiger partial charge in [0.25, 0.3) is 0 Å². The topological polar surface area (TPSA) is 18.5 Å². The Bertz CT molecular complexity index is 736. The van der Waals surface area contributed by atoms with E-state index in [1.807, 2.05) is 0 Å². The highest BCUT2D eigenvalue weighted by atomic mass is 28.4. The average molecular weight is 874 g/mol. The van der Waals surface area contributed by atoms with Crippen molar-refractivity contribution >= 4 is 16.6 Å². The summed E-state index contributed by atoms with van der Waals surface area (Å²) < 4.78 is 12.0. The van der Waals surface area contributed by atoms with Crippen LogP contribution in [0.15, 0.2) is 13.2 Å². The molecule has 0 fully saturated rings. The minimum absolute atomic E-state index is 0.453. The molecule has 0 saturated heterocycles. The number of ether oxygens (including phenoxy) is 1. The Morgan fingerprint density at radius 2 is 0.729 bits per heavy atom. The van der Waals surface area contributed by atoms with Crippen molar-refractivity contribution in [2.75, 3.05) is 13.7 Å². The Morgan fingerprint density at radius 3 is 0.864 bits per heavy atom. The Morgan fingerprint density at radius 1 is 0.458 bits per heavy atom. The van der Waals surface area contributed by atoms with E-state index in [4.69, 9.17) is 8.85 Å². The van der Waals surface area contributed by atoms with E-state index >= 15 is 0 Å². The molecule has 0 heterocycles. The maximum atomic E-state index is 6.77. The average Bonchev–Trinajstić information content (AvgIpc) is 3.23. The van der Waals surface area contributed by atoms with E-state index in [1.165, 1.54) is 134 Å². The van der Waals surface area contributed by atoms with Gasteiger partial charge in [-0.05, 0) is 104 Å². The summed E-state index contributed by atoms with van der Waals surface area (Å²) >= 11 is 0. The van der Waals surface area contributed by atoms with Gasteiger partial charge in [-0.2, -0.15) is 0 Å². The molecule has 2 nitrogen and oxygen atoms in total. The van der Waals surface area contributed by atoms with E-state index in [0.717, 1.165) is 30.3 Å².